The maximum absolute atomic E-state index is 13.7. The quantitative estimate of drug-likeness (QED) is 0.476. The molecule has 0 N–H and O–H groups in total. The Morgan fingerprint density at radius 3 is 2.34 bits per heavy atom. The van der Waals surface area contributed by atoms with E-state index in [0.717, 1.165) is 16.9 Å². The number of fused-ring (bicyclic) bond motifs is 1. The summed E-state index contributed by atoms with van der Waals surface area (Å²) in [6.07, 6.45) is 0.834. The third-order valence-electron chi connectivity index (χ3n) is 5.84. The van der Waals surface area contributed by atoms with Gasteiger partial charge >= 0.3 is 0 Å². The van der Waals surface area contributed by atoms with Gasteiger partial charge < -0.3 is 4.90 Å². The second kappa shape index (κ2) is 8.49. The SMILES string of the molecule is Cc1ccc(N2C(=O)C(Sc3ccccc3)=C(N3CCc4ccccc4C3)C2=O)cc1Cl. The molecule has 0 radical (unpaired) electrons. The average molecular weight is 461 g/mol. The Balaban J connectivity index is 1.56. The van der Waals surface area contributed by atoms with Gasteiger partial charge in [-0.1, -0.05) is 71.9 Å². The first-order valence-electron chi connectivity index (χ1n) is 10.5. The fraction of sp³-hybridized carbons (Fsp3) is 0.154. The molecule has 5 rings (SSSR count). The largest absolute Gasteiger partial charge is 0.361 e. The van der Waals surface area contributed by atoms with Crippen LogP contribution >= 0.6 is 23.4 Å². The molecule has 4 nitrogen and oxygen atoms in total. The molecule has 0 fully saturated rings. The predicted octanol–water partition coefficient (Wildman–Crippen LogP) is 5.58. The Labute approximate surface area is 196 Å². The molecular formula is C26H21ClN2O2S. The molecule has 0 aromatic heterocycles. The van der Waals surface area contributed by atoms with Gasteiger partial charge in [-0.25, -0.2) is 4.90 Å². The van der Waals surface area contributed by atoms with Crippen LogP contribution in [0, 0.1) is 6.92 Å². The van der Waals surface area contributed by atoms with Crippen molar-refractivity contribution in [2.75, 3.05) is 11.4 Å². The van der Waals surface area contributed by atoms with Gasteiger partial charge in [0.15, 0.2) is 0 Å². The van der Waals surface area contributed by atoms with E-state index in [1.165, 1.54) is 27.8 Å². The standard InChI is InChI=1S/C26H21ClN2O2S/c1-17-11-12-20(15-22(17)27)29-25(30)23(24(26(29)31)32-21-9-3-2-4-10-21)28-14-13-18-7-5-6-8-19(18)16-28/h2-12,15H,13-14,16H2,1H3. The van der Waals surface area contributed by atoms with E-state index in [1.54, 1.807) is 12.1 Å². The molecule has 3 aromatic carbocycles. The highest BCUT2D eigenvalue weighted by Gasteiger charge is 2.43. The number of carbonyl (C=O) groups excluding carboxylic acids is 2. The van der Waals surface area contributed by atoms with Crippen molar-refractivity contribution in [3.8, 4) is 0 Å². The van der Waals surface area contributed by atoms with Crippen LogP contribution in [0.2, 0.25) is 5.02 Å². The number of benzene rings is 3. The van der Waals surface area contributed by atoms with Crippen molar-refractivity contribution >= 4 is 40.9 Å². The van der Waals surface area contributed by atoms with Gasteiger partial charge in [-0.3, -0.25) is 9.59 Å². The molecule has 0 atom stereocenters. The van der Waals surface area contributed by atoms with E-state index in [9.17, 15) is 9.59 Å². The topological polar surface area (TPSA) is 40.6 Å². The lowest BCUT2D eigenvalue weighted by Gasteiger charge is -2.31. The maximum Gasteiger partial charge on any atom is 0.283 e. The molecule has 0 saturated heterocycles. The molecule has 0 bridgehead atoms. The molecule has 2 amide bonds. The second-order valence-electron chi connectivity index (χ2n) is 7.91. The van der Waals surface area contributed by atoms with Gasteiger partial charge in [-0.2, -0.15) is 0 Å². The molecular weight excluding hydrogens is 440 g/mol. The second-order valence-corrected chi connectivity index (χ2v) is 9.40. The fourth-order valence-corrected chi connectivity index (χ4v) is 5.31. The third-order valence-corrected chi connectivity index (χ3v) is 7.33. The summed E-state index contributed by atoms with van der Waals surface area (Å²) in [5.74, 6) is -0.606. The van der Waals surface area contributed by atoms with E-state index >= 15 is 0 Å². The summed E-state index contributed by atoms with van der Waals surface area (Å²) >= 11 is 7.66. The molecule has 6 heteroatoms. The zero-order valence-corrected chi connectivity index (χ0v) is 19.1. The third kappa shape index (κ3) is 3.72. The number of amides is 2. The first kappa shape index (κ1) is 20.9. The Bertz CT molecular complexity index is 1260. The Hall–Kier alpha value is -3.02. The first-order chi connectivity index (χ1) is 15.5. The van der Waals surface area contributed by atoms with E-state index in [4.69, 9.17) is 11.6 Å². The molecule has 0 unspecified atom stereocenters. The molecule has 2 heterocycles. The van der Waals surface area contributed by atoms with Crippen LogP contribution in [0.5, 0.6) is 0 Å². The minimum Gasteiger partial charge on any atom is -0.361 e. The van der Waals surface area contributed by atoms with Gasteiger partial charge in [0, 0.05) is 23.0 Å². The lowest BCUT2D eigenvalue weighted by Crippen LogP contribution is -2.37. The van der Waals surface area contributed by atoms with E-state index in [2.05, 4.69) is 12.1 Å². The molecule has 2 aliphatic rings. The monoisotopic (exact) mass is 460 g/mol. The number of aryl methyl sites for hydroxylation is 1. The first-order valence-corrected chi connectivity index (χ1v) is 11.7. The van der Waals surface area contributed by atoms with Gasteiger partial charge in [0.05, 0.1) is 5.69 Å². The number of hydrogen-bond donors (Lipinski definition) is 0. The van der Waals surface area contributed by atoms with E-state index < -0.39 is 0 Å². The summed E-state index contributed by atoms with van der Waals surface area (Å²) in [5.41, 5.74) is 4.34. The van der Waals surface area contributed by atoms with Gasteiger partial charge in [-0.15, -0.1) is 0 Å². The number of imide groups is 1. The molecule has 0 saturated carbocycles. The highest BCUT2D eigenvalue weighted by molar-refractivity contribution is 8.04. The molecule has 3 aromatic rings. The number of nitrogens with zero attached hydrogens (tertiary/aromatic N) is 2. The van der Waals surface area contributed by atoms with Crippen molar-refractivity contribution in [1.29, 1.82) is 0 Å². The van der Waals surface area contributed by atoms with Crippen molar-refractivity contribution in [3.63, 3.8) is 0 Å². The van der Waals surface area contributed by atoms with Crippen LogP contribution in [0.25, 0.3) is 0 Å². The van der Waals surface area contributed by atoms with Crippen LogP contribution in [0.4, 0.5) is 5.69 Å². The normalized spacial score (nSPS) is 16.1. The molecule has 0 aliphatic carbocycles. The van der Waals surface area contributed by atoms with Crippen LogP contribution in [0.1, 0.15) is 16.7 Å². The van der Waals surface area contributed by atoms with E-state index in [-0.39, 0.29) is 11.8 Å². The van der Waals surface area contributed by atoms with Crippen LogP contribution in [0.15, 0.2) is 88.3 Å². The van der Waals surface area contributed by atoms with Gasteiger partial charge in [0.1, 0.15) is 10.6 Å². The van der Waals surface area contributed by atoms with E-state index in [0.29, 0.717) is 34.4 Å². The van der Waals surface area contributed by atoms with Crippen molar-refractivity contribution < 1.29 is 9.59 Å². The lowest BCUT2D eigenvalue weighted by molar-refractivity contribution is -0.121. The molecule has 0 spiro atoms. The maximum atomic E-state index is 13.7. The molecule has 32 heavy (non-hydrogen) atoms. The highest BCUT2D eigenvalue weighted by atomic mass is 35.5. The average Bonchev–Trinajstić information content (AvgIpc) is 3.05. The summed E-state index contributed by atoms with van der Waals surface area (Å²) in [7, 11) is 0. The van der Waals surface area contributed by atoms with Crippen molar-refractivity contribution in [2.24, 2.45) is 0 Å². The van der Waals surface area contributed by atoms with Gasteiger partial charge in [0.2, 0.25) is 0 Å². The van der Waals surface area contributed by atoms with Gasteiger partial charge in [-0.05, 0) is 54.3 Å². The summed E-state index contributed by atoms with van der Waals surface area (Å²) in [6.45, 7) is 3.18. The van der Waals surface area contributed by atoms with Crippen LogP contribution in [-0.2, 0) is 22.6 Å². The number of hydrogen-bond acceptors (Lipinski definition) is 4. The van der Waals surface area contributed by atoms with Gasteiger partial charge in [0.25, 0.3) is 11.8 Å². The van der Waals surface area contributed by atoms with Crippen LogP contribution in [-0.4, -0.2) is 23.3 Å². The van der Waals surface area contributed by atoms with Crippen LogP contribution in [0.3, 0.4) is 0 Å². The van der Waals surface area contributed by atoms with Crippen LogP contribution < -0.4 is 4.90 Å². The Kier molecular flexibility index (Phi) is 5.53. The zero-order chi connectivity index (χ0) is 22.2. The van der Waals surface area contributed by atoms with Crippen molar-refractivity contribution in [2.45, 2.75) is 24.8 Å². The van der Waals surface area contributed by atoms with Crippen molar-refractivity contribution in [1.82, 2.24) is 4.90 Å². The number of carbonyl (C=O) groups is 2. The Morgan fingerprint density at radius 2 is 1.59 bits per heavy atom. The summed E-state index contributed by atoms with van der Waals surface area (Å²) in [4.78, 5) is 31.9. The number of thioether (sulfide) groups is 1. The summed E-state index contributed by atoms with van der Waals surface area (Å²) in [5, 5.41) is 0.528. The zero-order valence-electron chi connectivity index (χ0n) is 17.5. The fourth-order valence-electron chi connectivity index (χ4n) is 4.12. The lowest BCUT2D eigenvalue weighted by atomic mass is 9.99. The number of rotatable bonds is 4. The summed E-state index contributed by atoms with van der Waals surface area (Å²) < 4.78 is 0. The van der Waals surface area contributed by atoms with E-state index in [1.807, 2.05) is 60.4 Å². The number of halogens is 1. The smallest absolute Gasteiger partial charge is 0.283 e. The highest BCUT2D eigenvalue weighted by Crippen LogP contribution is 2.40. The molecule has 2 aliphatic heterocycles. The summed E-state index contributed by atoms with van der Waals surface area (Å²) in [6, 6.07) is 23.2. The predicted molar refractivity (Wildman–Crippen MR) is 129 cm³/mol. The molecule has 160 valence electrons. The van der Waals surface area contributed by atoms with Crippen molar-refractivity contribution in [3.05, 3.63) is 105 Å². The minimum atomic E-state index is -0.308. The minimum absolute atomic E-state index is 0.298. The Morgan fingerprint density at radius 1 is 0.875 bits per heavy atom. The number of anilines is 1.